The molecule has 102 valence electrons. The highest BCUT2D eigenvalue weighted by atomic mass is 28.4. The predicted octanol–water partition coefficient (Wildman–Crippen LogP) is 0.221. The molecule has 0 aliphatic rings. The fourth-order valence-corrected chi connectivity index (χ4v) is 3.14. The van der Waals surface area contributed by atoms with E-state index in [2.05, 4.69) is 10.3 Å². The van der Waals surface area contributed by atoms with Gasteiger partial charge in [0, 0.05) is 33.9 Å². The lowest BCUT2D eigenvalue weighted by Gasteiger charge is -2.24. The molecule has 0 aromatic rings. The monoisotopic (exact) mass is 263 g/mol. The Morgan fingerprint density at radius 2 is 1.76 bits per heavy atom. The van der Waals surface area contributed by atoms with Gasteiger partial charge in [-0.05, 0) is 19.9 Å². The zero-order chi connectivity index (χ0) is 13.1. The smallest absolute Gasteiger partial charge is 0.388 e. The molecule has 0 aliphatic carbocycles. The third kappa shape index (κ3) is 7.45. The van der Waals surface area contributed by atoms with Gasteiger partial charge in [0.15, 0.2) is 0 Å². The Balaban J connectivity index is 3.59. The Morgan fingerprint density at radius 3 is 2.24 bits per heavy atom. The van der Waals surface area contributed by atoms with E-state index >= 15 is 0 Å². The summed E-state index contributed by atoms with van der Waals surface area (Å²) in [4.78, 5) is 4.09. The summed E-state index contributed by atoms with van der Waals surface area (Å²) in [6.45, 7) is 4.22. The topological polar surface area (TPSA) is 78.1 Å². The number of hydrogen-bond donors (Lipinski definition) is 2. The molecule has 0 saturated carbocycles. The first-order chi connectivity index (χ1) is 8.10. The molecular formula is C10H25N3O3Si. The second-order valence-corrected chi connectivity index (χ2v) is 6.76. The summed E-state index contributed by atoms with van der Waals surface area (Å²) < 4.78 is 16.0. The molecule has 6 nitrogen and oxygen atoms in total. The van der Waals surface area contributed by atoms with Crippen molar-refractivity contribution in [3.63, 3.8) is 0 Å². The van der Waals surface area contributed by atoms with Crippen LogP contribution in [-0.4, -0.2) is 55.6 Å². The molecule has 7 heteroatoms. The van der Waals surface area contributed by atoms with Crippen molar-refractivity contribution in [1.82, 2.24) is 5.32 Å². The zero-order valence-electron chi connectivity index (χ0n) is 11.3. The molecule has 0 aromatic heterocycles. The third-order valence-electron chi connectivity index (χ3n) is 2.42. The lowest BCUT2D eigenvalue weighted by molar-refractivity contribution is 0.123. The number of amidine groups is 1. The average Bonchev–Trinajstić information content (AvgIpc) is 2.33. The Bertz CT molecular complexity index is 211. The summed E-state index contributed by atoms with van der Waals surface area (Å²) in [5.74, 6) is 0.622. The first-order valence-corrected chi connectivity index (χ1v) is 7.66. The van der Waals surface area contributed by atoms with Crippen molar-refractivity contribution in [3.8, 4) is 0 Å². The van der Waals surface area contributed by atoms with Crippen LogP contribution in [-0.2, 0) is 13.3 Å². The minimum atomic E-state index is -2.39. The molecule has 0 aromatic carbocycles. The first kappa shape index (κ1) is 16.5. The van der Waals surface area contributed by atoms with Gasteiger partial charge < -0.3 is 24.3 Å². The van der Waals surface area contributed by atoms with Gasteiger partial charge in [-0.15, -0.1) is 0 Å². The van der Waals surface area contributed by atoms with Gasteiger partial charge in [0.05, 0.1) is 12.4 Å². The fraction of sp³-hybridized carbons (Fsp3) is 0.900. The maximum Gasteiger partial charge on any atom is 0.500 e. The predicted molar refractivity (Wildman–Crippen MR) is 71.2 cm³/mol. The molecule has 0 amide bonds. The second-order valence-electron chi connectivity index (χ2n) is 3.67. The van der Waals surface area contributed by atoms with Gasteiger partial charge in [0.1, 0.15) is 0 Å². The van der Waals surface area contributed by atoms with Crippen LogP contribution in [0.25, 0.3) is 0 Å². The largest absolute Gasteiger partial charge is 0.500 e. The van der Waals surface area contributed by atoms with Crippen molar-refractivity contribution >= 4 is 14.6 Å². The zero-order valence-corrected chi connectivity index (χ0v) is 12.3. The molecule has 0 atom stereocenters. The number of aliphatic imine (C=N–C) groups is 1. The fourth-order valence-electron chi connectivity index (χ4n) is 1.42. The van der Waals surface area contributed by atoms with Crippen molar-refractivity contribution in [1.29, 1.82) is 0 Å². The van der Waals surface area contributed by atoms with E-state index in [4.69, 9.17) is 19.0 Å². The van der Waals surface area contributed by atoms with Crippen LogP contribution >= 0.6 is 0 Å². The maximum absolute atomic E-state index is 5.42. The van der Waals surface area contributed by atoms with E-state index < -0.39 is 8.80 Å². The van der Waals surface area contributed by atoms with Gasteiger partial charge in [0.25, 0.3) is 0 Å². The van der Waals surface area contributed by atoms with Crippen LogP contribution in [0.5, 0.6) is 0 Å². The van der Waals surface area contributed by atoms with Gasteiger partial charge in [-0.3, -0.25) is 4.99 Å². The van der Waals surface area contributed by atoms with Gasteiger partial charge >= 0.3 is 8.80 Å². The van der Waals surface area contributed by atoms with Gasteiger partial charge in [0.2, 0.25) is 0 Å². The van der Waals surface area contributed by atoms with Crippen LogP contribution in [0.3, 0.4) is 0 Å². The average molecular weight is 263 g/mol. The highest BCUT2D eigenvalue weighted by Crippen LogP contribution is 2.14. The number of rotatable bonds is 10. The van der Waals surface area contributed by atoms with Crippen LogP contribution in [0.1, 0.15) is 13.3 Å². The summed E-state index contributed by atoms with van der Waals surface area (Å²) in [6.07, 6.45) is 0.951. The summed E-state index contributed by atoms with van der Waals surface area (Å²) in [6, 6.07) is 0.808. The first-order valence-electron chi connectivity index (χ1n) is 5.73. The van der Waals surface area contributed by atoms with Crippen LogP contribution in [0.4, 0.5) is 0 Å². The Kier molecular flexibility index (Phi) is 9.28. The Hall–Kier alpha value is -0.473. The van der Waals surface area contributed by atoms with Crippen LogP contribution < -0.4 is 11.1 Å². The summed E-state index contributed by atoms with van der Waals surface area (Å²) >= 11 is 0. The number of nitrogens with zero attached hydrogens (tertiary/aromatic N) is 1. The molecule has 0 bridgehead atoms. The number of nitrogens with one attached hydrogen (secondary N) is 1. The number of nitrogens with two attached hydrogens (primary N) is 1. The second kappa shape index (κ2) is 9.55. The molecule has 0 saturated heterocycles. The molecule has 0 heterocycles. The third-order valence-corrected chi connectivity index (χ3v) is 5.25. The van der Waals surface area contributed by atoms with E-state index in [1.165, 1.54) is 0 Å². The summed E-state index contributed by atoms with van der Waals surface area (Å²) in [5.41, 5.74) is 5.42. The summed E-state index contributed by atoms with van der Waals surface area (Å²) in [5, 5.41) is 3.28. The Labute approximate surface area is 105 Å². The van der Waals surface area contributed by atoms with Crippen LogP contribution in [0.2, 0.25) is 6.04 Å². The van der Waals surface area contributed by atoms with Crippen molar-refractivity contribution in [2.75, 3.05) is 41.0 Å². The molecule has 0 spiro atoms. The van der Waals surface area contributed by atoms with E-state index in [0.717, 1.165) is 25.6 Å². The molecule has 3 N–H and O–H groups in total. The minimum Gasteiger partial charge on any atom is -0.388 e. The number of hydrogen-bond acceptors (Lipinski definition) is 5. The van der Waals surface area contributed by atoms with E-state index in [1.807, 2.05) is 0 Å². The van der Waals surface area contributed by atoms with E-state index in [9.17, 15) is 0 Å². The molecule has 0 rings (SSSR count). The van der Waals surface area contributed by atoms with Crippen molar-refractivity contribution < 1.29 is 13.3 Å². The van der Waals surface area contributed by atoms with E-state index in [1.54, 1.807) is 28.3 Å². The lowest BCUT2D eigenvalue weighted by Crippen LogP contribution is -2.43. The van der Waals surface area contributed by atoms with E-state index in [-0.39, 0.29) is 0 Å². The lowest BCUT2D eigenvalue weighted by atomic mass is 10.4. The molecule has 17 heavy (non-hydrogen) atoms. The van der Waals surface area contributed by atoms with E-state index in [0.29, 0.717) is 12.4 Å². The molecular weight excluding hydrogens is 238 g/mol. The highest BCUT2D eigenvalue weighted by molar-refractivity contribution is 6.60. The quantitative estimate of drug-likeness (QED) is 0.255. The SMILES string of the molecule is CO[Si](CCCNCCN=C(C)N)(OC)OC. The molecule has 0 unspecified atom stereocenters. The van der Waals surface area contributed by atoms with Crippen molar-refractivity contribution in [3.05, 3.63) is 0 Å². The molecule has 0 aliphatic heterocycles. The summed E-state index contributed by atoms with van der Waals surface area (Å²) in [7, 11) is 2.50. The van der Waals surface area contributed by atoms with Gasteiger partial charge in [-0.2, -0.15) is 0 Å². The Morgan fingerprint density at radius 1 is 1.18 bits per heavy atom. The molecule has 0 fully saturated rings. The molecule has 0 radical (unpaired) electrons. The standard InChI is InChI=1S/C10H25N3O3Si/c1-10(11)13-8-7-12-6-5-9-17(14-2,15-3)16-4/h12H,5-9H2,1-4H3,(H2,11,13). The highest BCUT2D eigenvalue weighted by Gasteiger charge is 2.36. The minimum absolute atomic E-state index is 0.622. The van der Waals surface area contributed by atoms with Gasteiger partial charge in [-0.1, -0.05) is 0 Å². The van der Waals surface area contributed by atoms with Gasteiger partial charge in [-0.25, -0.2) is 0 Å². The maximum atomic E-state index is 5.42. The van der Waals surface area contributed by atoms with Crippen LogP contribution in [0.15, 0.2) is 4.99 Å². The van der Waals surface area contributed by atoms with Crippen molar-refractivity contribution in [2.24, 2.45) is 10.7 Å². The van der Waals surface area contributed by atoms with Crippen LogP contribution in [0, 0.1) is 0 Å². The normalized spacial score (nSPS) is 13.1. The van der Waals surface area contributed by atoms with Crippen molar-refractivity contribution in [2.45, 2.75) is 19.4 Å².